The summed E-state index contributed by atoms with van der Waals surface area (Å²) in [7, 11) is 1.45. The lowest BCUT2D eigenvalue weighted by Gasteiger charge is -2.34. The van der Waals surface area contributed by atoms with Crippen LogP contribution in [0.5, 0.6) is 0 Å². The summed E-state index contributed by atoms with van der Waals surface area (Å²) in [5.41, 5.74) is 3.14. The van der Waals surface area contributed by atoms with Crippen molar-refractivity contribution >= 4 is 8.07 Å². The molecule has 0 aromatic heterocycles. The maximum atomic E-state index is 2.47. The molecule has 0 unspecified atom stereocenters. The van der Waals surface area contributed by atoms with Gasteiger partial charge in [0.25, 0.3) is 0 Å². The minimum atomic E-state index is -0.962. The van der Waals surface area contributed by atoms with Gasteiger partial charge in [0, 0.05) is 11.1 Å². The van der Waals surface area contributed by atoms with Crippen LogP contribution >= 0.6 is 0 Å². The first-order valence-electron chi connectivity index (χ1n) is 5.78. The molecule has 0 saturated heterocycles. The van der Waals surface area contributed by atoms with Crippen LogP contribution in [0.3, 0.4) is 0 Å². The van der Waals surface area contributed by atoms with Crippen molar-refractivity contribution in [3.05, 3.63) is 35.4 Å². The molecule has 1 nitrogen and oxygen atoms in total. The Kier molecular flexibility index (Phi) is 4.24. The molecule has 0 aliphatic carbocycles. The van der Waals surface area contributed by atoms with Gasteiger partial charge in [0.15, 0.2) is 0 Å². The SMILES string of the molecule is C[N+]1(C[Si](C)(C)C)Cc2ccccc2C1.[I-]. The van der Waals surface area contributed by atoms with Crippen LogP contribution in [0.1, 0.15) is 11.1 Å². The van der Waals surface area contributed by atoms with Crippen molar-refractivity contribution in [2.45, 2.75) is 32.7 Å². The molecule has 1 aromatic carbocycles. The van der Waals surface area contributed by atoms with Gasteiger partial charge in [-0.25, -0.2) is 0 Å². The zero-order valence-electron chi connectivity index (χ0n) is 10.8. The molecule has 1 aliphatic rings. The van der Waals surface area contributed by atoms with E-state index in [1.165, 1.54) is 23.7 Å². The molecule has 0 radical (unpaired) electrons. The third-order valence-electron chi connectivity index (χ3n) is 3.08. The number of rotatable bonds is 2. The highest BCUT2D eigenvalue weighted by Crippen LogP contribution is 2.29. The maximum absolute atomic E-state index is 2.47. The van der Waals surface area contributed by atoms with Crippen LogP contribution in [0.4, 0.5) is 0 Å². The van der Waals surface area contributed by atoms with E-state index in [1.807, 2.05) is 0 Å². The van der Waals surface area contributed by atoms with E-state index in [2.05, 4.69) is 51.0 Å². The molecule has 1 aliphatic heterocycles. The summed E-state index contributed by atoms with van der Waals surface area (Å²) in [6.45, 7) is 9.89. The fraction of sp³-hybridized carbons (Fsp3) is 0.538. The van der Waals surface area contributed by atoms with Crippen LogP contribution in [-0.2, 0) is 13.1 Å². The van der Waals surface area contributed by atoms with Gasteiger partial charge in [0.05, 0.1) is 13.2 Å². The third kappa shape index (κ3) is 3.31. The van der Waals surface area contributed by atoms with E-state index < -0.39 is 8.07 Å². The third-order valence-corrected chi connectivity index (χ3v) is 4.79. The number of hydrogen-bond donors (Lipinski definition) is 0. The van der Waals surface area contributed by atoms with Crippen molar-refractivity contribution in [3.63, 3.8) is 0 Å². The summed E-state index contributed by atoms with van der Waals surface area (Å²) in [4.78, 5) is 0. The Morgan fingerprint density at radius 1 is 1.06 bits per heavy atom. The van der Waals surface area contributed by atoms with Crippen molar-refractivity contribution in [3.8, 4) is 0 Å². The molecule has 0 spiro atoms. The van der Waals surface area contributed by atoms with Gasteiger partial charge in [-0.1, -0.05) is 43.9 Å². The van der Waals surface area contributed by atoms with Gasteiger partial charge in [-0.15, -0.1) is 0 Å². The number of halogens is 1. The normalized spacial score (nSPS) is 17.8. The fourth-order valence-corrected chi connectivity index (χ4v) is 5.52. The molecular formula is C13H22INSi. The van der Waals surface area contributed by atoms with E-state index in [-0.39, 0.29) is 24.0 Å². The maximum Gasteiger partial charge on any atom is 0.110 e. The average molecular weight is 347 g/mol. The minimum absolute atomic E-state index is 0. The quantitative estimate of drug-likeness (QED) is 0.402. The van der Waals surface area contributed by atoms with Crippen LogP contribution in [0.15, 0.2) is 24.3 Å². The zero-order chi connectivity index (χ0) is 11.1. The number of fused-ring (bicyclic) bond motifs is 1. The summed E-state index contributed by atoms with van der Waals surface area (Å²) < 4.78 is 1.23. The van der Waals surface area contributed by atoms with E-state index in [0.29, 0.717) is 0 Å². The Bertz CT molecular complexity index is 345. The predicted octanol–water partition coefficient (Wildman–Crippen LogP) is 0.0282. The second-order valence-electron chi connectivity index (χ2n) is 6.42. The van der Waals surface area contributed by atoms with E-state index >= 15 is 0 Å². The zero-order valence-corrected chi connectivity index (χ0v) is 13.9. The van der Waals surface area contributed by atoms with E-state index in [9.17, 15) is 0 Å². The summed E-state index contributed by atoms with van der Waals surface area (Å²) in [6, 6.07) is 8.93. The molecule has 0 fully saturated rings. The standard InChI is InChI=1S/C13H22NSi.HI/c1-14(11-15(2,3)4)9-12-7-5-6-8-13(12)10-14;/h5-8H,9-11H2,1-4H3;1H/q+1;/p-1. The van der Waals surface area contributed by atoms with Gasteiger partial charge in [0.2, 0.25) is 0 Å². The van der Waals surface area contributed by atoms with E-state index in [0.717, 1.165) is 0 Å². The lowest BCUT2D eigenvalue weighted by Crippen LogP contribution is -3.00. The Morgan fingerprint density at radius 3 is 1.88 bits per heavy atom. The van der Waals surface area contributed by atoms with E-state index in [1.54, 1.807) is 11.1 Å². The fourth-order valence-electron chi connectivity index (χ4n) is 3.00. The van der Waals surface area contributed by atoms with Crippen molar-refractivity contribution in [1.82, 2.24) is 0 Å². The topological polar surface area (TPSA) is 0 Å². The van der Waals surface area contributed by atoms with Crippen LogP contribution in [0.25, 0.3) is 0 Å². The second kappa shape index (κ2) is 4.78. The largest absolute Gasteiger partial charge is 1.00 e. The smallest absolute Gasteiger partial charge is 0.110 e. The molecular weight excluding hydrogens is 325 g/mol. The Labute approximate surface area is 117 Å². The van der Waals surface area contributed by atoms with E-state index in [4.69, 9.17) is 0 Å². The predicted molar refractivity (Wildman–Crippen MR) is 68.2 cm³/mol. The van der Waals surface area contributed by atoms with Crippen molar-refractivity contribution in [1.29, 1.82) is 0 Å². The Morgan fingerprint density at radius 2 is 1.50 bits per heavy atom. The lowest BCUT2D eigenvalue weighted by molar-refractivity contribution is -0.919. The molecule has 16 heavy (non-hydrogen) atoms. The Hall–Kier alpha value is 0.127. The first kappa shape index (κ1) is 14.2. The Balaban J connectivity index is 0.00000128. The minimum Gasteiger partial charge on any atom is -1.00 e. The highest BCUT2D eigenvalue weighted by atomic mass is 127. The number of quaternary nitrogens is 1. The molecule has 2 rings (SSSR count). The van der Waals surface area contributed by atoms with Gasteiger partial charge < -0.3 is 28.5 Å². The summed E-state index contributed by atoms with van der Waals surface area (Å²) in [5, 5.41) is 0. The summed E-state index contributed by atoms with van der Waals surface area (Å²) in [6.07, 6.45) is 1.39. The van der Waals surface area contributed by atoms with Crippen molar-refractivity contribution in [2.24, 2.45) is 0 Å². The molecule has 0 N–H and O–H groups in total. The molecule has 0 amide bonds. The first-order valence-corrected chi connectivity index (χ1v) is 9.49. The highest BCUT2D eigenvalue weighted by Gasteiger charge is 2.35. The monoisotopic (exact) mass is 347 g/mol. The molecule has 0 saturated carbocycles. The average Bonchev–Trinajstić information content (AvgIpc) is 2.35. The molecule has 1 heterocycles. The molecule has 1 aromatic rings. The van der Waals surface area contributed by atoms with Gasteiger partial charge in [-0.3, -0.25) is 0 Å². The number of nitrogens with zero attached hydrogens (tertiary/aromatic N) is 1. The van der Waals surface area contributed by atoms with Gasteiger partial charge in [-0.2, -0.15) is 0 Å². The lowest BCUT2D eigenvalue weighted by atomic mass is 10.1. The van der Waals surface area contributed by atoms with Crippen molar-refractivity contribution < 1.29 is 28.5 Å². The first-order chi connectivity index (χ1) is 6.88. The number of hydrogen-bond acceptors (Lipinski definition) is 0. The summed E-state index contributed by atoms with van der Waals surface area (Å²) >= 11 is 0. The van der Waals surface area contributed by atoms with Gasteiger partial charge in [-0.05, 0) is 0 Å². The van der Waals surface area contributed by atoms with Gasteiger partial charge >= 0.3 is 0 Å². The van der Waals surface area contributed by atoms with Crippen LogP contribution in [0, 0.1) is 0 Å². The second-order valence-corrected chi connectivity index (χ2v) is 11.9. The van der Waals surface area contributed by atoms with Crippen LogP contribution < -0.4 is 24.0 Å². The van der Waals surface area contributed by atoms with Gasteiger partial charge in [0.1, 0.15) is 21.2 Å². The van der Waals surface area contributed by atoms with Crippen molar-refractivity contribution in [2.75, 3.05) is 13.2 Å². The summed E-state index contributed by atoms with van der Waals surface area (Å²) in [5.74, 6) is 0. The number of benzene rings is 1. The molecule has 3 heteroatoms. The molecule has 90 valence electrons. The molecule has 0 bridgehead atoms. The van der Waals surface area contributed by atoms with Crippen LogP contribution in [-0.4, -0.2) is 25.8 Å². The van der Waals surface area contributed by atoms with Crippen LogP contribution in [0.2, 0.25) is 19.6 Å². The molecule has 0 atom stereocenters. The highest BCUT2D eigenvalue weighted by molar-refractivity contribution is 6.75.